The normalized spacial score (nSPS) is 12.7. The standard InChI is InChI=1S/C9H10N4O2/c1-5(10)8-12-13-9(15-8)6-4-11-3-2-7(6)14/h2-5H,10H2,1H3,(H,11,14). The smallest absolute Gasteiger partial charge is 0.253 e. The number of pyridine rings is 1. The van der Waals surface area contributed by atoms with Crippen LogP contribution in [0.2, 0.25) is 0 Å². The summed E-state index contributed by atoms with van der Waals surface area (Å²) < 4.78 is 5.24. The number of aromatic amines is 1. The zero-order chi connectivity index (χ0) is 10.8. The molecular weight excluding hydrogens is 196 g/mol. The van der Waals surface area contributed by atoms with Gasteiger partial charge < -0.3 is 15.1 Å². The first-order chi connectivity index (χ1) is 7.18. The molecule has 0 saturated carbocycles. The lowest BCUT2D eigenvalue weighted by molar-refractivity contribution is 0.473. The minimum Gasteiger partial charge on any atom is -0.419 e. The third-order valence-electron chi connectivity index (χ3n) is 1.88. The van der Waals surface area contributed by atoms with Gasteiger partial charge in [-0.1, -0.05) is 0 Å². The van der Waals surface area contributed by atoms with E-state index in [9.17, 15) is 4.79 Å². The zero-order valence-corrected chi connectivity index (χ0v) is 8.10. The maximum Gasteiger partial charge on any atom is 0.253 e. The fourth-order valence-corrected chi connectivity index (χ4v) is 1.11. The molecule has 0 aliphatic heterocycles. The van der Waals surface area contributed by atoms with Gasteiger partial charge in [-0.3, -0.25) is 4.79 Å². The van der Waals surface area contributed by atoms with Crippen molar-refractivity contribution in [3.8, 4) is 11.5 Å². The zero-order valence-electron chi connectivity index (χ0n) is 8.10. The lowest BCUT2D eigenvalue weighted by Crippen LogP contribution is -2.04. The molecule has 0 fully saturated rings. The van der Waals surface area contributed by atoms with Gasteiger partial charge in [0.05, 0.1) is 6.04 Å². The average molecular weight is 206 g/mol. The van der Waals surface area contributed by atoms with Crippen LogP contribution in [0.1, 0.15) is 18.9 Å². The average Bonchev–Trinajstić information content (AvgIpc) is 2.67. The SMILES string of the molecule is CC(N)c1nnc(-c2c[nH]ccc2=O)o1. The molecule has 2 aromatic rings. The molecule has 6 nitrogen and oxygen atoms in total. The predicted octanol–water partition coefficient (Wildman–Crippen LogP) is 0.445. The molecule has 6 heteroatoms. The largest absolute Gasteiger partial charge is 0.419 e. The van der Waals surface area contributed by atoms with E-state index in [1.807, 2.05) is 0 Å². The van der Waals surface area contributed by atoms with Crippen LogP contribution in [0.3, 0.4) is 0 Å². The Bertz CT molecular complexity index is 515. The molecule has 0 aliphatic carbocycles. The van der Waals surface area contributed by atoms with Gasteiger partial charge in [-0.2, -0.15) is 0 Å². The minimum atomic E-state index is -0.339. The lowest BCUT2D eigenvalue weighted by atomic mass is 10.3. The van der Waals surface area contributed by atoms with Gasteiger partial charge in [0.15, 0.2) is 5.43 Å². The van der Waals surface area contributed by atoms with E-state index in [1.165, 1.54) is 18.5 Å². The topological polar surface area (TPSA) is 97.8 Å². The number of nitrogens with zero attached hydrogens (tertiary/aromatic N) is 2. The van der Waals surface area contributed by atoms with Crippen molar-refractivity contribution in [2.24, 2.45) is 5.73 Å². The quantitative estimate of drug-likeness (QED) is 0.743. The molecule has 2 heterocycles. The summed E-state index contributed by atoms with van der Waals surface area (Å²) in [7, 11) is 0. The van der Waals surface area contributed by atoms with Gasteiger partial charge in [0.25, 0.3) is 5.89 Å². The van der Waals surface area contributed by atoms with Gasteiger partial charge >= 0.3 is 0 Å². The van der Waals surface area contributed by atoms with Crippen LogP contribution in [0.25, 0.3) is 11.5 Å². The molecule has 0 saturated heterocycles. The van der Waals surface area contributed by atoms with E-state index in [4.69, 9.17) is 10.2 Å². The molecule has 78 valence electrons. The second-order valence-corrected chi connectivity index (χ2v) is 3.16. The maximum absolute atomic E-state index is 11.4. The third-order valence-corrected chi connectivity index (χ3v) is 1.88. The molecule has 0 aliphatic rings. The predicted molar refractivity (Wildman–Crippen MR) is 53.0 cm³/mol. The number of aromatic nitrogens is 3. The Morgan fingerprint density at radius 2 is 2.33 bits per heavy atom. The fraction of sp³-hybridized carbons (Fsp3) is 0.222. The number of hydrogen-bond acceptors (Lipinski definition) is 5. The van der Waals surface area contributed by atoms with Crippen molar-refractivity contribution in [2.75, 3.05) is 0 Å². The lowest BCUT2D eigenvalue weighted by Gasteiger charge is -1.95. The van der Waals surface area contributed by atoms with Crippen molar-refractivity contribution in [1.29, 1.82) is 0 Å². The molecule has 0 aromatic carbocycles. The van der Waals surface area contributed by atoms with Gasteiger partial charge in [0, 0.05) is 18.5 Å². The number of H-pyrrole nitrogens is 1. The van der Waals surface area contributed by atoms with E-state index in [-0.39, 0.29) is 17.4 Å². The molecule has 15 heavy (non-hydrogen) atoms. The highest BCUT2D eigenvalue weighted by molar-refractivity contribution is 5.49. The van der Waals surface area contributed by atoms with Crippen LogP contribution in [0.15, 0.2) is 27.7 Å². The Morgan fingerprint density at radius 3 is 2.93 bits per heavy atom. The summed E-state index contributed by atoms with van der Waals surface area (Å²) in [6.45, 7) is 1.73. The molecule has 0 radical (unpaired) electrons. The molecule has 0 spiro atoms. The Kier molecular flexibility index (Phi) is 2.34. The summed E-state index contributed by atoms with van der Waals surface area (Å²) in [5.41, 5.74) is 5.73. The minimum absolute atomic E-state index is 0.173. The summed E-state index contributed by atoms with van der Waals surface area (Å²) >= 11 is 0. The highest BCUT2D eigenvalue weighted by Gasteiger charge is 2.13. The first kappa shape index (κ1) is 9.60. The van der Waals surface area contributed by atoms with Crippen LogP contribution in [0, 0.1) is 0 Å². The van der Waals surface area contributed by atoms with Crippen LogP contribution >= 0.6 is 0 Å². The number of hydrogen-bond donors (Lipinski definition) is 2. The highest BCUT2D eigenvalue weighted by atomic mass is 16.4. The van der Waals surface area contributed by atoms with E-state index < -0.39 is 0 Å². The number of rotatable bonds is 2. The van der Waals surface area contributed by atoms with Crippen molar-refractivity contribution in [3.63, 3.8) is 0 Å². The molecule has 1 unspecified atom stereocenters. The molecule has 0 amide bonds. The first-order valence-corrected chi connectivity index (χ1v) is 4.45. The molecule has 2 aromatic heterocycles. The Hall–Kier alpha value is -1.95. The van der Waals surface area contributed by atoms with Gasteiger partial charge in [-0.25, -0.2) is 0 Å². The first-order valence-electron chi connectivity index (χ1n) is 4.45. The van der Waals surface area contributed by atoms with E-state index in [2.05, 4.69) is 15.2 Å². The maximum atomic E-state index is 11.4. The molecule has 2 rings (SSSR count). The van der Waals surface area contributed by atoms with Gasteiger partial charge in [-0.05, 0) is 6.92 Å². The van der Waals surface area contributed by atoms with Gasteiger partial charge in [-0.15, -0.1) is 10.2 Å². The Morgan fingerprint density at radius 1 is 1.53 bits per heavy atom. The second-order valence-electron chi connectivity index (χ2n) is 3.16. The second kappa shape index (κ2) is 3.66. The van der Waals surface area contributed by atoms with Gasteiger partial charge in [0.1, 0.15) is 5.56 Å². The number of nitrogens with one attached hydrogen (secondary N) is 1. The van der Waals surface area contributed by atoms with Crippen molar-refractivity contribution >= 4 is 0 Å². The monoisotopic (exact) mass is 206 g/mol. The van der Waals surface area contributed by atoms with E-state index >= 15 is 0 Å². The Labute approximate surface area is 85.1 Å². The molecular formula is C9H10N4O2. The van der Waals surface area contributed by atoms with Crippen molar-refractivity contribution in [3.05, 3.63) is 34.6 Å². The molecule has 1 atom stereocenters. The van der Waals surface area contributed by atoms with Crippen molar-refractivity contribution in [2.45, 2.75) is 13.0 Å². The van der Waals surface area contributed by atoms with Crippen LogP contribution < -0.4 is 11.2 Å². The number of nitrogens with two attached hydrogens (primary N) is 1. The van der Waals surface area contributed by atoms with E-state index in [1.54, 1.807) is 6.92 Å². The van der Waals surface area contributed by atoms with Crippen molar-refractivity contribution < 1.29 is 4.42 Å². The van der Waals surface area contributed by atoms with Crippen LogP contribution in [-0.4, -0.2) is 15.2 Å². The van der Waals surface area contributed by atoms with Crippen LogP contribution in [0.4, 0.5) is 0 Å². The Balaban J connectivity index is 2.47. The summed E-state index contributed by atoms with van der Waals surface area (Å²) in [5, 5.41) is 7.49. The summed E-state index contributed by atoms with van der Waals surface area (Å²) in [5.74, 6) is 0.498. The summed E-state index contributed by atoms with van der Waals surface area (Å²) in [4.78, 5) is 14.2. The van der Waals surface area contributed by atoms with E-state index in [0.717, 1.165) is 0 Å². The molecule has 0 bridgehead atoms. The van der Waals surface area contributed by atoms with E-state index in [0.29, 0.717) is 11.5 Å². The summed E-state index contributed by atoms with van der Waals surface area (Å²) in [6.07, 6.45) is 3.05. The van der Waals surface area contributed by atoms with Crippen LogP contribution in [-0.2, 0) is 0 Å². The summed E-state index contributed by atoms with van der Waals surface area (Å²) in [6, 6.07) is 1.06. The van der Waals surface area contributed by atoms with Gasteiger partial charge in [0.2, 0.25) is 5.89 Å². The third kappa shape index (κ3) is 1.79. The molecule has 3 N–H and O–H groups in total. The fourth-order valence-electron chi connectivity index (χ4n) is 1.11. The van der Waals surface area contributed by atoms with Crippen molar-refractivity contribution in [1.82, 2.24) is 15.2 Å². The highest BCUT2D eigenvalue weighted by Crippen LogP contribution is 2.15. The van der Waals surface area contributed by atoms with Crippen LogP contribution in [0.5, 0.6) is 0 Å².